The number of rotatable bonds is 3. The van der Waals surface area contributed by atoms with Crippen molar-refractivity contribution >= 4 is 5.96 Å². The summed E-state index contributed by atoms with van der Waals surface area (Å²) in [6, 6.07) is 6.38. The van der Waals surface area contributed by atoms with Gasteiger partial charge in [-0.1, -0.05) is 0 Å². The second kappa shape index (κ2) is 8.28. The summed E-state index contributed by atoms with van der Waals surface area (Å²) in [5.41, 5.74) is 0.891. The van der Waals surface area contributed by atoms with Gasteiger partial charge in [0.1, 0.15) is 11.9 Å². The van der Waals surface area contributed by atoms with Crippen molar-refractivity contribution in [2.24, 2.45) is 4.99 Å². The first-order valence-corrected chi connectivity index (χ1v) is 8.58. The number of nitriles is 1. The largest absolute Gasteiger partial charge is 0.375 e. The van der Waals surface area contributed by atoms with Crippen LogP contribution < -0.4 is 5.32 Å². The van der Waals surface area contributed by atoms with Crippen LogP contribution in [0.1, 0.15) is 24.0 Å². The predicted octanol–water partition coefficient (Wildman–Crippen LogP) is 1.65. The summed E-state index contributed by atoms with van der Waals surface area (Å²) in [5.74, 6) is 0.370. The molecular formula is C18H23FN4O2. The average Bonchev–Trinajstić information content (AvgIpc) is 3.19. The van der Waals surface area contributed by atoms with E-state index in [-0.39, 0.29) is 24.6 Å². The molecule has 1 aromatic carbocycles. The van der Waals surface area contributed by atoms with Gasteiger partial charge in [0.15, 0.2) is 5.96 Å². The number of nitrogens with one attached hydrogen (secondary N) is 1. The standard InChI is InChI=1S/C18H23FN4O2/c1-21-18(22-11-14-9-13(10-20)4-5-15(14)19)23-6-8-25-17(12-23)16-3-2-7-24-16/h4-5,9,16-17H,2-3,6-8,11-12H2,1H3,(H,21,22). The number of benzene rings is 1. The molecular weight excluding hydrogens is 323 g/mol. The predicted molar refractivity (Wildman–Crippen MR) is 91.6 cm³/mol. The van der Waals surface area contributed by atoms with Gasteiger partial charge in [-0.2, -0.15) is 5.26 Å². The lowest BCUT2D eigenvalue weighted by Gasteiger charge is -2.37. The third kappa shape index (κ3) is 4.27. The first-order chi connectivity index (χ1) is 12.2. The highest BCUT2D eigenvalue weighted by molar-refractivity contribution is 5.80. The highest BCUT2D eigenvalue weighted by Crippen LogP contribution is 2.21. The highest BCUT2D eigenvalue weighted by atomic mass is 19.1. The summed E-state index contributed by atoms with van der Waals surface area (Å²) in [7, 11) is 1.71. The molecule has 2 aliphatic heterocycles. The van der Waals surface area contributed by atoms with Crippen LogP contribution in [0.15, 0.2) is 23.2 Å². The Balaban J connectivity index is 1.61. The van der Waals surface area contributed by atoms with Gasteiger partial charge in [0.2, 0.25) is 0 Å². The van der Waals surface area contributed by atoms with Crippen LogP contribution in [0, 0.1) is 17.1 Å². The van der Waals surface area contributed by atoms with Gasteiger partial charge in [0, 0.05) is 38.9 Å². The van der Waals surface area contributed by atoms with Crippen molar-refractivity contribution in [2.75, 3.05) is 33.4 Å². The van der Waals surface area contributed by atoms with E-state index in [2.05, 4.69) is 15.2 Å². The lowest BCUT2D eigenvalue weighted by atomic mass is 10.1. The number of hydrogen-bond donors (Lipinski definition) is 1. The minimum absolute atomic E-state index is 0.0356. The normalized spacial score (nSPS) is 24.2. The molecule has 134 valence electrons. The summed E-state index contributed by atoms with van der Waals surface area (Å²) in [5, 5.41) is 12.2. The molecule has 0 spiro atoms. The Kier molecular flexibility index (Phi) is 5.84. The molecule has 6 nitrogen and oxygen atoms in total. The summed E-state index contributed by atoms with van der Waals surface area (Å²) in [6.07, 6.45) is 2.28. The van der Waals surface area contributed by atoms with Gasteiger partial charge in [-0.3, -0.25) is 4.99 Å². The monoisotopic (exact) mass is 346 g/mol. The Morgan fingerprint density at radius 2 is 2.24 bits per heavy atom. The Morgan fingerprint density at radius 3 is 2.96 bits per heavy atom. The zero-order valence-corrected chi connectivity index (χ0v) is 14.4. The van der Waals surface area contributed by atoms with Crippen LogP contribution in [-0.2, 0) is 16.0 Å². The molecule has 0 amide bonds. The fourth-order valence-electron chi connectivity index (χ4n) is 3.27. The van der Waals surface area contributed by atoms with E-state index in [0.29, 0.717) is 30.2 Å². The number of ether oxygens (including phenoxy) is 2. The summed E-state index contributed by atoms with van der Waals surface area (Å²) < 4.78 is 25.5. The quantitative estimate of drug-likeness (QED) is 0.666. The fraction of sp³-hybridized carbons (Fsp3) is 0.556. The third-order valence-corrected chi connectivity index (χ3v) is 4.60. The van der Waals surface area contributed by atoms with Crippen LogP contribution in [0.2, 0.25) is 0 Å². The summed E-state index contributed by atoms with van der Waals surface area (Å²) in [4.78, 5) is 6.42. The van der Waals surface area contributed by atoms with E-state index >= 15 is 0 Å². The molecule has 0 aliphatic carbocycles. The van der Waals surface area contributed by atoms with Crippen LogP contribution in [0.4, 0.5) is 4.39 Å². The van der Waals surface area contributed by atoms with Crippen LogP contribution in [0.5, 0.6) is 0 Å². The SMILES string of the molecule is CN=C(NCc1cc(C#N)ccc1F)N1CCOC(C2CCCO2)C1. The zero-order chi connectivity index (χ0) is 17.6. The molecule has 2 heterocycles. The van der Waals surface area contributed by atoms with Gasteiger partial charge in [-0.25, -0.2) is 4.39 Å². The molecule has 2 saturated heterocycles. The average molecular weight is 346 g/mol. The van der Waals surface area contributed by atoms with Crippen molar-refractivity contribution in [1.29, 1.82) is 5.26 Å². The van der Waals surface area contributed by atoms with Crippen LogP contribution >= 0.6 is 0 Å². The number of guanidine groups is 1. The van der Waals surface area contributed by atoms with E-state index in [1.54, 1.807) is 13.1 Å². The van der Waals surface area contributed by atoms with Crippen LogP contribution in [0.3, 0.4) is 0 Å². The molecule has 0 saturated carbocycles. The Labute approximate surface area is 147 Å². The van der Waals surface area contributed by atoms with E-state index in [1.165, 1.54) is 12.1 Å². The van der Waals surface area contributed by atoms with Gasteiger partial charge in [0.05, 0.1) is 24.3 Å². The van der Waals surface area contributed by atoms with E-state index < -0.39 is 0 Å². The van der Waals surface area contributed by atoms with E-state index in [0.717, 1.165) is 26.0 Å². The van der Waals surface area contributed by atoms with Crippen LogP contribution in [-0.4, -0.2) is 56.4 Å². The molecule has 25 heavy (non-hydrogen) atoms. The Morgan fingerprint density at radius 1 is 1.40 bits per heavy atom. The molecule has 3 rings (SSSR count). The first kappa shape index (κ1) is 17.6. The summed E-state index contributed by atoms with van der Waals surface area (Å²) >= 11 is 0. The number of aliphatic imine (C=N–C) groups is 1. The molecule has 2 aliphatic rings. The lowest BCUT2D eigenvalue weighted by molar-refractivity contribution is -0.0817. The van der Waals surface area contributed by atoms with Crippen molar-refractivity contribution in [3.63, 3.8) is 0 Å². The first-order valence-electron chi connectivity index (χ1n) is 8.58. The molecule has 2 atom stereocenters. The molecule has 0 aromatic heterocycles. The second-order valence-corrected chi connectivity index (χ2v) is 6.23. The number of morpholine rings is 1. The molecule has 2 fully saturated rings. The summed E-state index contributed by atoms with van der Waals surface area (Å²) in [6.45, 7) is 3.11. The van der Waals surface area contributed by atoms with Gasteiger partial charge < -0.3 is 19.7 Å². The molecule has 0 bridgehead atoms. The van der Waals surface area contributed by atoms with Gasteiger partial charge in [0.25, 0.3) is 0 Å². The van der Waals surface area contributed by atoms with Gasteiger partial charge in [-0.05, 0) is 31.0 Å². The lowest BCUT2D eigenvalue weighted by Crippen LogP contribution is -2.53. The Bertz CT molecular complexity index is 668. The van der Waals surface area contributed by atoms with Crippen molar-refractivity contribution in [3.05, 3.63) is 35.1 Å². The highest BCUT2D eigenvalue weighted by Gasteiger charge is 2.32. The molecule has 1 aromatic rings. The third-order valence-electron chi connectivity index (χ3n) is 4.60. The topological polar surface area (TPSA) is 69.9 Å². The van der Waals surface area contributed by atoms with Gasteiger partial charge >= 0.3 is 0 Å². The number of halogens is 1. The van der Waals surface area contributed by atoms with E-state index in [9.17, 15) is 4.39 Å². The molecule has 1 N–H and O–H groups in total. The second-order valence-electron chi connectivity index (χ2n) is 6.23. The Hall–Kier alpha value is -2.17. The number of nitrogens with zero attached hydrogens (tertiary/aromatic N) is 3. The fourth-order valence-corrected chi connectivity index (χ4v) is 3.27. The smallest absolute Gasteiger partial charge is 0.194 e. The van der Waals surface area contributed by atoms with Crippen molar-refractivity contribution in [1.82, 2.24) is 10.2 Å². The van der Waals surface area contributed by atoms with Crippen molar-refractivity contribution in [2.45, 2.75) is 31.6 Å². The molecule has 0 radical (unpaired) electrons. The minimum atomic E-state index is -0.332. The van der Waals surface area contributed by atoms with E-state index in [4.69, 9.17) is 14.7 Å². The van der Waals surface area contributed by atoms with E-state index in [1.807, 2.05) is 6.07 Å². The van der Waals surface area contributed by atoms with Gasteiger partial charge in [-0.15, -0.1) is 0 Å². The van der Waals surface area contributed by atoms with Crippen molar-refractivity contribution in [3.8, 4) is 6.07 Å². The zero-order valence-electron chi connectivity index (χ0n) is 14.4. The maximum Gasteiger partial charge on any atom is 0.194 e. The minimum Gasteiger partial charge on any atom is -0.375 e. The van der Waals surface area contributed by atoms with Crippen LogP contribution in [0.25, 0.3) is 0 Å². The van der Waals surface area contributed by atoms with Crippen molar-refractivity contribution < 1.29 is 13.9 Å². The molecule has 2 unspecified atom stereocenters. The maximum absolute atomic E-state index is 13.9. The maximum atomic E-state index is 13.9. The number of hydrogen-bond acceptors (Lipinski definition) is 4. The molecule has 7 heteroatoms.